The topological polar surface area (TPSA) is 41.6 Å². The molecular weight excluding hydrogens is 234 g/mol. The molecule has 3 nitrogen and oxygen atoms in total. The second-order valence-corrected chi connectivity index (χ2v) is 5.11. The predicted molar refractivity (Wildman–Crippen MR) is 77.3 cm³/mol. The third-order valence-corrected chi connectivity index (χ3v) is 3.59. The first-order chi connectivity index (χ1) is 9.13. The molecule has 19 heavy (non-hydrogen) atoms. The van der Waals surface area contributed by atoms with Gasteiger partial charge in [0.2, 0.25) is 0 Å². The molecule has 0 saturated heterocycles. The molecule has 0 fully saturated rings. The van der Waals surface area contributed by atoms with Crippen molar-refractivity contribution in [3.05, 3.63) is 58.5 Å². The van der Waals surface area contributed by atoms with Crippen LogP contribution in [-0.4, -0.2) is 15.0 Å². The van der Waals surface area contributed by atoms with Crippen LogP contribution in [0.3, 0.4) is 0 Å². The minimum absolute atomic E-state index is 0.804. The molecule has 3 aromatic rings. The Balaban J connectivity index is 1.96. The van der Waals surface area contributed by atoms with Crippen LogP contribution in [0.25, 0.3) is 11.2 Å². The van der Waals surface area contributed by atoms with Crippen LogP contribution < -0.4 is 0 Å². The zero-order valence-corrected chi connectivity index (χ0v) is 11.5. The highest BCUT2D eigenvalue weighted by atomic mass is 15.0. The molecule has 0 bridgehead atoms. The fraction of sp³-hybridized carbons (Fsp3) is 0.250. The lowest BCUT2D eigenvalue weighted by Gasteiger charge is -2.03. The SMILES string of the molecule is Cc1ccc(Cc2nc3nccc(C)c3[nH]2)cc1C. The maximum Gasteiger partial charge on any atom is 0.177 e. The average molecular weight is 251 g/mol. The molecule has 2 heterocycles. The quantitative estimate of drug-likeness (QED) is 0.757. The summed E-state index contributed by atoms with van der Waals surface area (Å²) < 4.78 is 0. The van der Waals surface area contributed by atoms with Gasteiger partial charge in [0.1, 0.15) is 5.82 Å². The number of nitrogens with one attached hydrogen (secondary N) is 1. The van der Waals surface area contributed by atoms with Gasteiger partial charge in [-0.1, -0.05) is 18.2 Å². The van der Waals surface area contributed by atoms with Gasteiger partial charge in [-0.25, -0.2) is 9.97 Å². The van der Waals surface area contributed by atoms with Crippen molar-refractivity contribution in [3.8, 4) is 0 Å². The molecule has 0 saturated carbocycles. The van der Waals surface area contributed by atoms with Gasteiger partial charge in [0.05, 0.1) is 5.52 Å². The number of hydrogen-bond acceptors (Lipinski definition) is 2. The highest BCUT2D eigenvalue weighted by Gasteiger charge is 2.07. The van der Waals surface area contributed by atoms with Crippen molar-refractivity contribution in [1.29, 1.82) is 0 Å². The Labute approximate surface area is 112 Å². The highest BCUT2D eigenvalue weighted by Crippen LogP contribution is 2.16. The summed E-state index contributed by atoms with van der Waals surface area (Å²) in [6, 6.07) is 8.55. The van der Waals surface area contributed by atoms with Crippen molar-refractivity contribution in [2.75, 3.05) is 0 Å². The van der Waals surface area contributed by atoms with E-state index in [0.717, 1.165) is 23.4 Å². The molecule has 0 aliphatic carbocycles. The fourth-order valence-corrected chi connectivity index (χ4v) is 2.27. The number of aromatic nitrogens is 3. The molecule has 0 amide bonds. The molecule has 0 atom stereocenters. The van der Waals surface area contributed by atoms with E-state index in [4.69, 9.17) is 0 Å². The summed E-state index contributed by atoms with van der Waals surface area (Å²) in [7, 11) is 0. The summed E-state index contributed by atoms with van der Waals surface area (Å²) in [6.45, 7) is 6.35. The van der Waals surface area contributed by atoms with Gasteiger partial charge < -0.3 is 4.98 Å². The molecule has 0 spiro atoms. The van der Waals surface area contributed by atoms with E-state index in [1.807, 2.05) is 6.07 Å². The first-order valence-corrected chi connectivity index (χ1v) is 6.50. The molecule has 2 aromatic heterocycles. The number of imidazole rings is 1. The molecule has 1 N–H and O–H groups in total. The Bertz CT molecular complexity index is 741. The lowest BCUT2D eigenvalue weighted by atomic mass is 10.0. The lowest BCUT2D eigenvalue weighted by molar-refractivity contribution is 1.03. The molecule has 0 unspecified atom stereocenters. The minimum Gasteiger partial charge on any atom is -0.340 e. The molecule has 0 aliphatic rings. The van der Waals surface area contributed by atoms with E-state index in [1.165, 1.54) is 22.3 Å². The number of H-pyrrole nitrogens is 1. The fourth-order valence-electron chi connectivity index (χ4n) is 2.27. The largest absolute Gasteiger partial charge is 0.340 e. The lowest BCUT2D eigenvalue weighted by Crippen LogP contribution is -1.92. The van der Waals surface area contributed by atoms with Crippen LogP contribution >= 0.6 is 0 Å². The third kappa shape index (κ3) is 2.24. The monoisotopic (exact) mass is 251 g/mol. The summed E-state index contributed by atoms with van der Waals surface area (Å²) in [6.07, 6.45) is 2.62. The van der Waals surface area contributed by atoms with Crippen molar-refractivity contribution in [1.82, 2.24) is 15.0 Å². The minimum atomic E-state index is 0.804. The normalized spacial score (nSPS) is 11.1. The number of aromatic amines is 1. The number of nitrogens with zero attached hydrogens (tertiary/aromatic N) is 2. The van der Waals surface area contributed by atoms with Gasteiger partial charge in [-0.3, -0.25) is 0 Å². The molecular formula is C16H17N3. The van der Waals surface area contributed by atoms with Crippen LogP contribution in [0.5, 0.6) is 0 Å². The van der Waals surface area contributed by atoms with Gasteiger partial charge in [-0.15, -0.1) is 0 Å². The van der Waals surface area contributed by atoms with Crippen molar-refractivity contribution >= 4 is 11.2 Å². The molecule has 1 aromatic carbocycles. The summed E-state index contributed by atoms with van der Waals surface area (Å²) in [5.41, 5.74) is 6.96. The van der Waals surface area contributed by atoms with Crippen molar-refractivity contribution in [2.45, 2.75) is 27.2 Å². The number of aryl methyl sites for hydroxylation is 3. The summed E-state index contributed by atoms with van der Waals surface area (Å²) >= 11 is 0. The molecule has 96 valence electrons. The Hall–Kier alpha value is -2.16. The zero-order valence-electron chi connectivity index (χ0n) is 11.5. The smallest absolute Gasteiger partial charge is 0.177 e. The summed E-state index contributed by atoms with van der Waals surface area (Å²) in [5, 5.41) is 0. The van der Waals surface area contributed by atoms with E-state index < -0.39 is 0 Å². The van der Waals surface area contributed by atoms with E-state index in [2.05, 4.69) is 53.9 Å². The number of benzene rings is 1. The van der Waals surface area contributed by atoms with Gasteiger partial charge in [0, 0.05) is 12.6 Å². The Morgan fingerprint density at radius 2 is 1.84 bits per heavy atom. The standard InChI is InChI=1S/C16H17N3/c1-10-4-5-13(8-12(10)3)9-14-18-15-11(2)6-7-17-16(15)19-14/h4-8H,9H2,1-3H3,(H,17,18,19). The van der Waals surface area contributed by atoms with E-state index in [1.54, 1.807) is 6.20 Å². The van der Waals surface area contributed by atoms with Crippen molar-refractivity contribution < 1.29 is 0 Å². The Morgan fingerprint density at radius 3 is 2.58 bits per heavy atom. The molecule has 3 heteroatoms. The van der Waals surface area contributed by atoms with Gasteiger partial charge in [0.25, 0.3) is 0 Å². The number of rotatable bonds is 2. The average Bonchev–Trinajstić information content (AvgIpc) is 2.78. The predicted octanol–water partition coefficient (Wildman–Crippen LogP) is 3.47. The van der Waals surface area contributed by atoms with Crippen LogP contribution in [0.15, 0.2) is 30.5 Å². The van der Waals surface area contributed by atoms with Crippen LogP contribution in [0, 0.1) is 20.8 Å². The summed E-state index contributed by atoms with van der Waals surface area (Å²) in [5.74, 6) is 0.972. The van der Waals surface area contributed by atoms with Crippen LogP contribution in [-0.2, 0) is 6.42 Å². The number of pyridine rings is 1. The number of fused-ring (bicyclic) bond motifs is 1. The van der Waals surface area contributed by atoms with E-state index in [9.17, 15) is 0 Å². The van der Waals surface area contributed by atoms with Gasteiger partial charge in [-0.05, 0) is 49.1 Å². The first kappa shape index (κ1) is 11.9. The molecule has 0 radical (unpaired) electrons. The highest BCUT2D eigenvalue weighted by molar-refractivity contribution is 5.74. The zero-order chi connectivity index (χ0) is 13.4. The molecule has 0 aliphatic heterocycles. The van der Waals surface area contributed by atoms with Crippen LogP contribution in [0.4, 0.5) is 0 Å². The second kappa shape index (κ2) is 4.50. The maximum atomic E-state index is 4.55. The second-order valence-electron chi connectivity index (χ2n) is 5.11. The van der Waals surface area contributed by atoms with Crippen LogP contribution in [0.2, 0.25) is 0 Å². The van der Waals surface area contributed by atoms with Crippen molar-refractivity contribution in [3.63, 3.8) is 0 Å². The van der Waals surface area contributed by atoms with E-state index in [0.29, 0.717) is 0 Å². The van der Waals surface area contributed by atoms with Gasteiger partial charge in [-0.2, -0.15) is 0 Å². The van der Waals surface area contributed by atoms with Gasteiger partial charge >= 0.3 is 0 Å². The number of hydrogen-bond donors (Lipinski definition) is 1. The van der Waals surface area contributed by atoms with E-state index in [-0.39, 0.29) is 0 Å². The Morgan fingerprint density at radius 1 is 1.00 bits per heavy atom. The third-order valence-electron chi connectivity index (χ3n) is 3.59. The maximum absolute atomic E-state index is 4.55. The van der Waals surface area contributed by atoms with Crippen molar-refractivity contribution in [2.24, 2.45) is 0 Å². The molecule has 3 rings (SSSR count). The van der Waals surface area contributed by atoms with Crippen LogP contribution in [0.1, 0.15) is 28.1 Å². The van der Waals surface area contributed by atoms with E-state index >= 15 is 0 Å². The van der Waals surface area contributed by atoms with Gasteiger partial charge in [0.15, 0.2) is 5.65 Å². The Kier molecular flexibility index (Phi) is 2.82. The first-order valence-electron chi connectivity index (χ1n) is 6.50. The summed E-state index contributed by atoms with van der Waals surface area (Å²) in [4.78, 5) is 12.2.